The van der Waals surface area contributed by atoms with Gasteiger partial charge in [0.25, 0.3) is 5.91 Å². The van der Waals surface area contributed by atoms with Gasteiger partial charge >= 0.3 is 0 Å². The fraction of sp³-hybridized carbons (Fsp3) is 0.368. The van der Waals surface area contributed by atoms with Gasteiger partial charge in [-0.15, -0.1) is 5.10 Å². The lowest BCUT2D eigenvalue weighted by Gasteiger charge is -2.16. The Kier molecular flexibility index (Phi) is 4.62. The van der Waals surface area contributed by atoms with E-state index in [1.54, 1.807) is 30.7 Å². The topological polar surface area (TPSA) is 97.9 Å². The van der Waals surface area contributed by atoms with E-state index in [-0.39, 0.29) is 5.91 Å². The van der Waals surface area contributed by atoms with Crippen LogP contribution in [0.1, 0.15) is 34.1 Å². The lowest BCUT2D eigenvalue weighted by Crippen LogP contribution is -2.29. The van der Waals surface area contributed by atoms with Crippen LogP contribution >= 0.6 is 0 Å². The van der Waals surface area contributed by atoms with Crippen molar-refractivity contribution >= 4 is 5.91 Å². The number of carbonyl (C=O) groups excluding carboxylic acids is 1. The number of carbonyl (C=O) groups is 1. The molecule has 3 aromatic rings. The van der Waals surface area contributed by atoms with Crippen LogP contribution in [0.4, 0.5) is 0 Å². The fourth-order valence-electron chi connectivity index (χ4n) is 3.58. The van der Waals surface area contributed by atoms with Gasteiger partial charge in [-0.2, -0.15) is 5.10 Å². The first-order chi connectivity index (χ1) is 13.1. The Hall–Kier alpha value is -3.16. The van der Waals surface area contributed by atoms with Crippen molar-refractivity contribution in [2.24, 2.45) is 5.92 Å². The van der Waals surface area contributed by atoms with Crippen LogP contribution < -0.4 is 0 Å². The fourth-order valence-corrected chi connectivity index (χ4v) is 3.58. The molecule has 1 aliphatic rings. The van der Waals surface area contributed by atoms with E-state index in [1.165, 1.54) is 0 Å². The molecule has 1 atom stereocenters. The molecule has 8 heteroatoms. The zero-order valence-electron chi connectivity index (χ0n) is 15.3. The van der Waals surface area contributed by atoms with Crippen molar-refractivity contribution in [1.29, 1.82) is 0 Å². The minimum absolute atomic E-state index is 0.0734. The quantitative estimate of drug-likeness (QED) is 0.700. The van der Waals surface area contributed by atoms with Gasteiger partial charge in [0.2, 0.25) is 0 Å². The third-order valence-corrected chi connectivity index (χ3v) is 4.89. The smallest absolute Gasteiger partial charge is 0.274 e. The predicted molar refractivity (Wildman–Crippen MR) is 96.7 cm³/mol. The van der Waals surface area contributed by atoms with Gasteiger partial charge in [-0.3, -0.25) is 14.8 Å². The van der Waals surface area contributed by atoms with Gasteiger partial charge in [0.05, 0.1) is 22.6 Å². The molecule has 0 spiro atoms. The molecule has 0 unspecified atom stereocenters. The molecule has 138 valence electrons. The number of rotatable bonds is 4. The summed E-state index contributed by atoms with van der Waals surface area (Å²) in [6.45, 7) is 5.17. The minimum Gasteiger partial charge on any atom is -0.361 e. The number of aryl methyl sites for hydroxylation is 2. The molecule has 4 rings (SSSR count). The molecule has 3 aromatic heterocycles. The summed E-state index contributed by atoms with van der Waals surface area (Å²) in [6.07, 6.45) is 6.62. The third kappa shape index (κ3) is 3.42. The van der Waals surface area contributed by atoms with Crippen molar-refractivity contribution in [3.05, 3.63) is 53.6 Å². The molecular formula is C19H20N6O2. The highest BCUT2D eigenvalue weighted by Gasteiger charge is 2.29. The van der Waals surface area contributed by atoms with E-state index in [2.05, 4.69) is 25.3 Å². The van der Waals surface area contributed by atoms with E-state index >= 15 is 0 Å². The second-order valence-electron chi connectivity index (χ2n) is 6.77. The number of nitrogens with zero attached hydrogens (tertiary/aromatic N) is 6. The van der Waals surface area contributed by atoms with Crippen LogP contribution in [-0.2, 0) is 6.42 Å². The molecular weight excluding hydrogens is 344 g/mol. The highest BCUT2D eigenvalue weighted by molar-refractivity contribution is 5.92. The maximum Gasteiger partial charge on any atom is 0.274 e. The molecule has 0 aromatic carbocycles. The second kappa shape index (κ2) is 7.22. The van der Waals surface area contributed by atoms with Crippen molar-refractivity contribution in [2.45, 2.75) is 26.7 Å². The van der Waals surface area contributed by atoms with Crippen LogP contribution in [0.25, 0.3) is 11.3 Å². The zero-order valence-corrected chi connectivity index (χ0v) is 15.3. The van der Waals surface area contributed by atoms with Crippen molar-refractivity contribution in [1.82, 2.24) is 30.2 Å². The van der Waals surface area contributed by atoms with E-state index in [0.29, 0.717) is 24.7 Å². The first-order valence-corrected chi connectivity index (χ1v) is 8.93. The summed E-state index contributed by atoms with van der Waals surface area (Å²) >= 11 is 0. The van der Waals surface area contributed by atoms with Gasteiger partial charge in [-0.05, 0) is 44.7 Å². The molecule has 0 aliphatic carbocycles. The van der Waals surface area contributed by atoms with Crippen LogP contribution in [0.15, 0.2) is 35.2 Å². The molecule has 0 bridgehead atoms. The molecule has 1 aliphatic heterocycles. The van der Waals surface area contributed by atoms with Crippen LogP contribution in [0.3, 0.4) is 0 Å². The first kappa shape index (κ1) is 17.3. The highest BCUT2D eigenvalue weighted by atomic mass is 16.5. The van der Waals surface area contributed by atoms with E-state index in [0.717, 1.165) is 41.2 Å². The monoisotopic (exact) mass is 364 g/mol. The van der Waals surface area contributed by atoms with Gasteiger partial charge in [-0.25, -0.2) is 0 Å². The highest BCUT2D eigenvalue weighted by Crippen LogP contribution is 2.30. The number of aromatic nitrogens is 5. The van der Waals surface area contributed by atoms with E-state index in [1.807, 2.05) is 18.7 Å². The number of hydrogen-bond donors (Lipinski definition) is 0. The second-order valence-corrected chi connectivity index (χ2v) is 6.77. The Morgan fingerprint density at radius 1 is 1.26 bits per heavy atom. The molecule has 0 N–H and O–H groups in total. The lowest BCUT2D eigenvalue weighted by atomic mass is 9.98. The van der Waals surface area contributed by atoms with Gasteiger partial charge in [0, 0.05) is 31.7 Å². The first-order valence-electron chi connectivity index (χ1n) is 8.93. The zero-order chi connectivity index (χ0) is 18.8. The summed E-state index contributed by atoms with van der Waals surface area (Å²) in [4.78, 5) is 23.5. The summed E-state index contributed by atoms with van der Waals surface area (Å²) in [7, 11) is 0. The van der Waals surface area contributed by atoms with E-state index in [4.69, 9.17) is 4.52 Å². The van der Waals surface area contributed by atoms with Gasteiger partial charge in [0.15, 0.2) is 5.69 Å². The summed E-state index contributed by atoms with van der Waals surface area (Å²) in [5.41, 5.74) is 3.82. The van der Waals surface area contributed by atoms with E-state index in [9.17, 15) is 4.79 Å². The van der Waals surface area contributed by atoms with Crippen LogP contribution in [0, 0.1) is 19.8 Å². The Labute approximate surface area is 156 Å². The minimum atomic E-state index is -0.0734. The van der Waals surface area contributed by atoms with Crippen molar-refractivity contribution in [3.63, 3.8) is 0 Å². The van der Waals surface area contributed by atoms with Crippen LogP contribution in [0.5, 0.6) is 0 Å². The SMILES string of the molecule is Cc1noc(C)c1-c1nccnc1C[C@@H]1CCN(C(=O)c2cccnn2)C1. The van der Waals surface area contributed by atoms with Crippen LogP contribution in [-0.4, -0.2) is 49.2 Å². The maximum atomic E-state index is 12.6. The van der Waals surface area contributed by atoms with Crippen LogP contribution in [0.2, 0.25) is 0 Å². The molecule has 8 nitrogen and oxygen atoms in total. The maximum absolute atomic E-state index is 12.6. The van der Waals surface area contributed by atoms with Crippen molar-refractivity contribution in [2.75, 3.05) is 13.1 Å². The largest absolute Gasteiger partial charge is 0.361 e. The molecule has 0 saturated carbocycles. The predicted octanol–water partition coefficient (Wildman–Crippen LogP) is 2.24. The van der Waals surface area contributed by atoms with Crippen molar-refractivity contribution in [3.8, 4) is 11.3 Å². The lowest BCUT2D eigenvalue weighted by molar-refractivity contribution is 0.0780. The van der Waals surface area contributed by atoms with Gasteiger partial charge in [-0.1, -0.05) is 5.16 Å². The normalized spacial score (nSPS) is 16.7. The van der Waals surface area contributed by atoms with Crippen molar-refractivity contribution < 1.29 is 9.32 Å². The molecule has 27 heavy (non-hydrogen) atoms. The third-order valence-electron chi connectivity index (χ3n) is 4.89. The standard InChI is InChI=1S/C19H20N6O2/c1-12-17(13(2)27-24-12)18-16(20-7-8-21-18)10-14-5-9-25(11-14)19(26)15-4-3-6-22-23-15/h3-4,6-8,14H,5,9-11H2,1-2H3/t14-/m0/s1. The summed E-state index contributed by atoms with van der Waals surface area (Å²) < 4.78 is 5.29. The van der Waals surface area contributed by atoms with Gasteiger partial charge < -0.3 is 9.42 Å². The molecule has 1 amide bonds. The summed E-state index contributed by atoms with van der Waals surface area (Å²) in [6, 6.07) is 3.42. The molecule has 1 fully saturated rings. The number of hydrogen-bond acceptors (Lipinski definition) is 7. The Morgan fingerprint density at radius 2 is 2.11 bits per heavy atom. The Bertz CT molecular complexity index is 936. The Morgan fingerprint density at radius 3 is 2.85 bits per heavy atom. The Balaban J connectivity index is 1.51. The van der Waals surface area contributed by atoms with E-state index < -0.39 is 0 Å². The molecule has 1 saturated heterocycles. The average Bonchev–Trinajstić information content (AvgIpc) is 3.29. The summed E-state index contributed by atoms with van der Waals surface area (Å²) in [5, 5.41) is 11.7. The summed E-state index contributed by atoms with van der Waals surface area (Å²) in [5.74, 6) is 0.984. The molecule has 4 heterocycles. The number of amides is 1. The number of likely N-dealkylation sites (tertiary alicyclic amines) is 1. The van der Waals surface area contributed by atoms with Gasteiger partial charge in [0.1, 0.15) is 5.76 Å². The average molecular weight is 364 g/mol. The molecule has 0 radical (unpaired) electrons.